The van der Waals surface area contributed by atoms with Crippen molar-refractivity contribution < 1.29 is 4.74 Å². The highest BCUT2D eigenvalue weighted by atomic mass is 32.2. The molecule has 2 heterocycles. The summed E-state index contributed by atoms with van der Waals surface area (Å²) in [6, 6.07) is 11.2. The minimum absolute atomic E-state index is 0.462. The molecule has 0 aliphatic carbocycles. The Bertz CT molecular complexity index is 562. The number of hydrogen-bond donors (Lipinski definition) is 1. The molecule has 0 amide bonds. The number of ether oxygens (including phenoxy) is 1. The second kappa shape index (κ2) is 10.2. The molecule has 2 saturated heterocycles. The van der Waals surface area contributed by atoms with Crippen LogP contribution in [0.25, 0.3) is 0 Å². The molecule has 3 rings (SSSR count). The summed E-state index contributed by atoms with van der Waals surface area (Å²) in [5.74, 6) is 1.07. The number of rotatable bonds is 6. The van der Waals surface area contributed by atoms with Gasteiger partial charge in [-0.15, -0.1) is 11.8 Å². The summed E-state index contributed by atoms with van der Waals surface area (Å²) < 4.78 is 5.49. The maximum absolute atomic E-state index is 5.49. The van der Waals surface area contributed by atoms with E-state index in [-0.39, 0.29) is 0 Å². The summed E-state index contributed by atoms with van der Waals surface area (Å²) in [4.78, 5) is 11.3. The number of morpholine rings is 1. The summed E-state index contributed by atoms with van der Waals surface area (Å²) in [5.41, 5.74) is 0. The van der Waals surface area contributed by atoms with Crippen molar-refractivity contribution in [1.29, 1.82) is 0 Å². The van der Waals surface area contributed by atoms with E-state index in [1.54, 1.807) is 0 Å². The van der Waals surface area contributed by atoms with Crippen LogP contribution >= 0.6 is 11.8 Å². The molecule has 26 heavy (non-hydrogen) atoms. The first-order valence-corrected chi connectivity index (χ1v) is 10.7. The molecule has 1 aromatic carbocycles. The minimum Gasteiger partial charge on any atom is -0.379 e. The molecule has 2 aliphatic rings. The van der Waals surface area contributed by atoms with Crippen LogP contribution in [0.3, 0.4) is 0 Å². The van der Waals surface area contributed by atoms with Crippen LogP contribution in [0.15, 0.2) is 40.2 Å². The molecule has 0 spiro atoms. The van der Waals surface area contributed by atoms with E-state index in [0.29, 0.717) is 11.3 Å². The Morgan fingerprint density at radius 2 is 2.04 bits per heavy atom. The molecule has 5 nitrogen and oxygen atoms in total. The van der Waals surface area contributed by atoms with E-state index in [9.17, 15) is 0 Å². The number of guanidine groups is 1. The van der Waals surface area contributed by atoms with Gasteiger partial charge < -0.3 is 15.0 Å². The first-order chi connectivity index (χ1) is 12.8. The van der Waals surface area contributed by atoms with Gasteiger partial charge in [-0.2, -0.15) is 0 Å². The molecule has 6 heteroatoms. The molecule has 2 aliphatic heterocycles. The number of hydrogen-bond acceptors (Lipinski definition) is 4. The highest BCUT2D eigenvalue weighted by molar-refractivity contribution is 8.00. The lowest BCUT2D eigenvalue weighted by Crippen LogP contribution is -2.46. The van der Waals surface area contributed by atoms with Crippen molar-refractivity contribution in [2.45, 2.75) is 36.5 Å². The number of aliphatic imine (C=N–C) groups is 1. The van der Waals surface area contributed by atoms with Crippen molar-refractivity contribution >= 4 is 17.7 Å². The van der Waals surface area contributed by atoms with Gasteiger partial charge in [0.2, 0.25) is 0 Å². The van der Waals surface area contributed by atoms with E-state index in [4.69, 9.17) is 9.73 Å². The van der Waals surface area contributed by atoms with E-state index < -0.39 is 0 Å². The van der Waals surface area contributed by atoms with Crippen molar-refractivity contribution in [3.05, 3.63) is 30.3 Å². The van der Waals surface area contributed by atoms with Crippen molar-refractivity contribution in [2.75, 3.05) is 52.5 Å². The normalized spacial score (nSPS) is 23.2. The first-order valence-electron chi connectivity index (χ1n) is 9.83. The minimum atomic E-state index is 0.462. The summed E-state index contributed by atoms with van der Waals surface area (Å²) in [6.07, 6.45) is 1.22. The van der Waals surface area contributed by atoms with Gasteiger partial charge in [0, 0.05) is 48.9 Å². The maximum atomic E-state index is 5.49. The molecule has 0 saturated carbocycles. The zero-order valence-corrected chi connectivity index (χ0v) is 16.9. The molecule has 1 aromatic rings. The molecule has 2 unspecified atom stereocenters. The van der Waals surface area contributed by atoms with Crippen molar-refractivity contribution in [3.8, 4) is 0 Å². The van der Waals surface area contributed by atoms with E-state index in [2.05, 4.69) is 59.3 Å². The van der Waals surface area contributed by atoms with Crippen LogP contribution in [0, 0.1) is 0 Å². The second-order valence-electron chi connectivity index (χ2n) is 6.97. The molecule has 1 N–H and O–H groups in total. The van der Waals surface area contributed by atoms with Gasteiger partial charge in [-0.25, -0.2) is 0 Å². The number of likely N-dealkylation sites (tertiary alicyclic amines) is 1. The fourth-order valence-electron chi connectivity index (χ4n) is 3.58. The van der Waals surface area contributed by atoms with Crippen molar-refractivity contribution in [1.82, 2.24) is 15.1 Å². The van der Waals surface area contributed by atoms with E-state index in [0.717, 1.165) is 58.4 Å². The van der Waals surface area contributed by atoms with Gasteiger partial charge in [-0.1, -0.05) is 25.1 Å². The summed E-state index contributed by atoms with van der Waals surface area (Å²) in [7, 11) is 0. The molecule has 2 atom stereocenters. The Morgan fingerprint density at radius 1 is 1.27 bits per heavy atom. The number of benzene rings is 1. The zero-order valence-electron chi connectivity index (χ0n) is 16.1. The summed E-state index contributed by atoms with van der Waals surface area (Å²) in [5, 5.41) is 3.95. The number of nitrogens with zero attached hydrogens (tertiary/aromatic N) is 3. The van der Waals surface area contributed by atoms with Gasteiger partial charge in [-0.05, 0) is 25.5 Å². The predicted octanol–water partition coefficient (Wildman–Crippen LogP) is 2.54. The average molecular weight is 377 g/mol. The molecule has 144 valence electrons. The number of thioether (sulfide) groups is 1. The Kier molecular flexibility index (Phi) is 7.65. The summed E-state index contributed by atoms with van der Waals surface area (Å²) in [6.45, 7) is 12.2. The SMILES string of the molecule is CCNC(=NCC(C)Sc1ccccc1)N1CCC(N2CCOCC2)C1. The lowest BCUT2D eigenvalue weighted by molar-refractivity contribution is 0.0195. The standard InChI is InChI=1S/C20H32N4OS/c1-3-21-20(22-15-17(2)26-19-7-5-4-6-8-19)24-10-9-18(16-24)23-11-13-25-14-12-23/h4-8,17-18H,3,9-16H2,1-2H3,(H,21,22). The fraction of sp³-hybridized carbons (Fsp3) is 0.650. The smallest absolute Gasteiger partial charge is 0.194 e. The molecule has 0 bridgehead atoms. The van der Waals surface area contributed by atoms with Crippen LogP contribution in [0.1, 0.15) is 20.3 Å². The zero-order chi connectivity index (χ0) is 18.2. The van der Waals surface area contributed by atoms with E-state index >= 15 is 0 Å². The second-order valence-corrected chi connectivity index (χ2v) is 8.48. The van der Waals surface area contributed by atoms with Gasteiger partial charge >= 0.3 is 0 Å². The third kappa shape index (κ3) is 5.63. The molecular formula is C20H32N4OS. The van der Waals surface area contributed by atoms with Gasteiger partial charge in [0.15, 0.2) is 5.96 Å². The molecule has 2 fully saturated rings. The van der Waals surface area contributed by atoms with Gasteiger partial charge in [-0.3, -0.25) is 9.89 Å². The van der Waals surface area contributed by atoms with Crippen LogP contribution in [0.2, 0.25) is 0 Å². The van der Waals surface area contributed by atoms with Crippen LogP contribution in [0.4, 0.5) is 0 Å². The van der Waals surface area contributed by atoms with Crippen LogP contribution in [-0.2, 0) is 4.74 Å². The van der Waals surface area contributed by atoms with Crippen molar-refractivity contribution in [3.63, 3.8) is 0 Å². The Morgan fingerprint density at radius 3 is 2.77 bits per heavy atom. The highest BCUT2D eigenvalue weighted by Gasteiger charge is 2.30. The number of nitrogens with one attached hydrogen (secondary N) is 1. The lowest BCUT2D eigenvalue weighted by Gasteiger charge is -2.32. The van der Waals surface area contributed by atoms with Gasteiger partial charge in [0.1, 0.15) is 0 Å². The van der Waals surface area contributed by atoms with Gasteiger partial charge in [0.25, 0.3) is 0 Å². The van der Waals surface area contributed by atoms with Crippen LogP contribution < -0.4 is 5.32 Å². The van der Waals surface area contributed by atoms with Gasteiger partial charge in [0.05, 0.1) is 19.8 Å². The fourth-order valence-corrected chi connectivity index (χ4v) is 4.51. The Hall–Kier alpha value is -1.24. The predicted molar refractivity (Wildman–Crippen MR) is 110 cm³/mol. The monoisotopic (exact) mass is 376 g/mol. The quantitative estimate of drug-likeness (QED) is 0.469. The topological polar surface area (TPSA) is 40.1 Å². The third-order valence-corrected chi connectivity index (χ3v) is 6.03. The van der Waals surface area contributed by atoms with Crippen molar-refractivity contribution in [2.24, 2.45) is 4.99 Å². The van der Waals surface area contributed by atoms with Crippen LogP contribution in [-0.4, -0.2) is 79.5 Å². The Labute approximate surface area is 162 Å². The Balaban J connectivity index is 1.53. The summed E-state index contributed by atoms with van der Waals surface area (Å²) >= 11 is 1.89. The third-order valence-electron chi connectivity index (χ3n) is 4.94. The van der Waals surface area contributed by atoms with E-state index in [1.807, 2.05) is 11.8 Å². The lowest BCUT2D eigenvalue weighted by atomic mass is 10.2. The highest BCUT2D eigenvalue weighted by Crippen LogP contribution is 2.23. The maximum Gasteiger partial charge on any atom is 0.194 e. The largest absolute Gasteiger partial charge is 0.379 e. The van der Waals surface area contributed by atoms with E-state index in [1.165, 1.54) is 11.3 Å². The first kappa shape index (κ1) is 19.5. The molecule has 0 radical (unpaired) electrons. The molecule has 0 aromatic heterocycles. The van der Waals surface area contributed by atoms with Crippen LogP contribution in [0.5, 0.6) is 0 Å². The molecular weight excluding hydrogens is 344 g/mol. The average Bonchev–Trinajstić information content (AvgIpc) is 3.17.